The minimum Gasteiger partial charge on any atom is -0.467 e. The van der Waals surface area contributed by atoms with E-state index in [-0.39, 0.29) is 5.78 Å². The summed E-state index contributed by atoms with van der Waals surface area (Å²) in [5, 5.41) is 0. The molecule has 1 atom stereocenters. The lowest BCUT2D eigenvalue weighted by Gasteiger charge is -2.11. The van der Waals surface area contributed by atoms with Gasteiger partial charge in [0.25, 0.3) is 0 Å². The molecule has 0 spiro atoms. The minimum atomic E-state index is -0.609. The van der Waals surface area contributed by atoms with Crippen LogP contribution < -0.4 is 0 Å². The molecule has 5 nitrogen and oxygen atoms in total. The molecular weight excluding hydrogens is 390 g/mol. The first-order valence-corrected chi connectivity index (χ1v) is 10.2. The van der Waals surface area contributed by atoms with E-state index >= 15 is 0 Å². The fraction of sp³-hybridized carbons (Fsp3) is 0.231. The van der Waals surface area contributed by atoms with Crippen LogP contribution in [0.1, 0.15) is 39.7 Å². The highest BCUT2D eigenvalue weighted by atomic mass is 16.6. The molecule has 0 radical (unpaired) electrons. The first-order chi connectivity index (χ1) is 15.0. The Balaban J connectivity index is 1.63. The van der Waals surface area contributed by atoms with Gasteiger partial charge in [-0.25, -0.2) is 4.79 Å². The number of hydrogen-bond acceptors (Lipinski definition) is 4. The number of methoxy groups -OCH3 is 1. The maximum absolute atomic E-state index is 12.8. The van der Waals surface area contributed by atoms with E-state index in [2.05, 4.69) is 4.74 Å². The lowest BCUT2D eigenvalue weighted by molar-refractivity contribution is -0.153. The standard InChI is InChI=1S/C26H27NO4/c1-19-11-13-23(14-12-19)25(28)24-10-6-16-27(24)15-5-9-21-7-4-8-22(17-21)18-31-20(2)26(29)30-3/h4-14,16-17,20H,15,18H2,1-3H3/b9-5+/t20-/m1/s1. The summed E-state index contributed by atoms with van der Waals surface area (Å²) in [6.45, 7) is 4.58. The van der Waals surface area contributed by atoms with E-state index in [4.69, 9.17) is 4.74 Å². The Kier molecular flexibility index (Phi) is 7.57. The van der Waals surface area contributed by atoms with Crippen molar-refractivity contribution in [2.45, 2.75) is 33.1 Å². The number of ether oxygens (including phenoxy) is 2. The SMILES string of the molecule is COC(=O)[C@@H](C)OCc1cccc(/C=C/Cn2cccc2C(=O)c2ccc(C)cc2)c1. The molecule has 0 saturated heterocycles. The second-order valence-electron chi connectivity index (χ2n) is 7.36. The number of allylic oxidation sites excluding steroid dienone is 1. The summed E-state index contributed by atoms with van der Waals surface area (Å²) >= 11 is 0. The van der Waals surface area contributed by atoms with Crippen LogP contribution in [0.15, 0.2) is 72.9 Å². The Hall–Kier alpha value is -3.44. The van der Waals surface area contributed by atoms with Crippen molar-refractivity contribution < 1.29 is 19.1 Å². The van der Waals surface area contributed by atoms with E-state index in [0.29, 0.717) is 24.4 Å². The van der Waals surface area contributed by atoms with E-state index in [9.17, 15) is 9.59 Å². The number of benzene rings is 2. The van der Waals surface area contributed by atoms with Crippen molar-refractivity contribution in [2.24, 2.45) is 0 Å². The molecule has 0 saturated carbocycles. The van der Waals surface area contributed by atoms with Crippen molar-refractivity contribution in [2.75, 3.05) is 7.11 Å². The van der Waals surface area contributed by atoms with Crippen molar-refractivity contribution in [1.29, 1.82) is 0 Å². The summed E-state index contributed by atoms with van der Waals surface area (Å²) in [5.41, 5.74) is 4.46. The highest BCUT2D eigenvalue weighted by Gasteiger charge is 2.14. The van der Waals surface area contributed by atoms with Crippen LogP contribution in [0.5, 0.6) is 0 Å². The summed E-state index contributed by atoms with van der Waals surface area (Å²) in [4.78, 5) is 24.3. The first kappa shape index (κ1) is 22.2. The van der Waals surface area contributed by atoms with Gasteiger partial charge in [0.1, 0.15) is 0 Å². The van der Waals surface area contributed by atoms with Gasteiger partial charge in [-0.05, 0) is 43.2 Å². The lowest BCUT2D eigenvalue weighted by Crippen LogP contribution is -2.21. The zero-order valence-electron chi connectivity index (χ0n) is 18.1. The van der Waals surface area contributed by atoms with Crippen LogP contribution in [-0.4, -0.2) is 29.5 Å². The van der Waals surface area contributed by atoms with Crippen LogP contribution in [0, 0.1) is 6.92 Å². The van der Waals surface area contributed by atoms with Gasteiger partial charge in [-0.15, -0.1) is 0 Å². The number of hydrogen-bond donors (Lipinski definition) is 0. The predicted molar refractivity (Wildman–Crippen MR) is 121 cm³/mol. The molecule has 0 aliphatic carbocycles. The highest BCUT2D eigenvalue weighted by Crippen LogP contribution is 2.14. The van der Waals surface area contributed by atoms with E-state index in [1.807, 2.05) is 90.5 Å². The molecule has 0 N–H and O–H groups in total. The van der Waals surface area contributed by atoms with E-state index in [1.54, 1.807) is 6.92 Å². The average Bonchev–Trinajstić information content (AvgIpc) is 3.25. The number of aryl methyl sites for hydroxylation is 1. The van der Waals surface area contributed by atoms with Crippen molar-refractivity contribution in [3.63, 3.8) is 0 Å². The van der Waals surface area contributed by atoms with Gasteiger partial charge in [-0.2, -0.15) is 0 Å². The van der Waals surface area contributed by atoms with Crippen LogP contribution in [0.3, 0.4) is 0 Å². The van der Waals surface area contributed by atoms with Gasteiger partial charge >= 0.3 is 5.97 Å². The third-order valence-electron chi connectivity index (χ3n) is 4.97. The van der Waals surface area contributed by atoms with E-state index < -0.39 is 12.1 Å². The van der Waals surface area contributed by atoms with Crippen molar-refractivity contribution in [3.05, 3.63) is 101 Å². The molecule has 0 unspecified atom stereocenters. The molecule has 0 aliphatic rings. The normalized spacial score (nSPS) is 12.1. The Bertz CT molecular complexity index is 1060. The van der Waals surface area contributed by atoms with Crippen molar-refractivity contribution >= 4 is 17.8 Å². The maximum Gasteiger partial charge on any atom is 0.334 e. The molecule has 1 aromatic heterocycles. The van der Waals surface area contributed by atoms with Gasteiger partial charge in [-0.3, -0.25) is 4.79 Å². The van der Waals surface area contributed by atoms with Gasteiger partial charge in [-0.1, -0.05) is 60.2 Å². The summed E-state index contributed by atoms with van der Waals surface area (Å²) in [7, 11) is 1.35. The molecule has 3 rings (SSSR count). The summed E-state index contributed by atoms with van der Waals surface area (Å²) in [6, 6.07) is 19.2. The lowest BCUT2D eigenvalue weighted by atomic mass is 10.1. The smallest absolute Gasteiger partial charge is 0.334 e. The topological polar surface area (TPSA) is 57.5 Å². The number of ketones is 1. The minimum absolute atomic E-state index is 0.0114. The molecule has 2 aromatic carbocycles. The zero-order valence-corrected chi connectivity index (χ0v) is 18.1. The second-order valence-corrected chi connectivity index (χ2v) is 7.36. The summed E-state index contributed by atoms with van der Waals surface area (Å²) < 4.78 is 12.2. The highest BCUT2D eigenvalue weighted by molar-refractivity contribution is 6.08. The number of nitrogens with zero attached hydrogens (tertiary/aromatic N) is 1. The quantitative estimate of drug-likeness (QED) is 0.370. The fourth-order valence-corrected chi connectivity index (χ4v) is 3.18. The van der Waals surface area contributed by atoms with Gasteiger partial charge in [0.15, 0.2) is 6.10 Å². The predicted octanol–water partition coefficient (Wildman–Crippen LogP) is 4.82. The molecular formula is C26H27NO4. The van der Waals surface area contributed by atoms with Crippen molar-refractivity contribution in [3.8, 4) is 0 Å². The van der Waals surface area contributed by atoms with Gasteiger partial charge < -0.3 is 14.0 Å². The van der Waals surface area contributed by atoms with Crippen LogP contribution in [0.25, 0.3) is 6.08 Å². The average molecular weight is 418 g/mol. The molecule has 160 valence electrons. The Morgan fingerprint density at radius 3 is 2.58 bits per heavy atom. The van der Waals surface area contributed by atoms with Gasteiger partial charge in [0.05, 0.1) is 19.4 Å². The number of rotatable bonds is 9. The number of carbonyl (C=O) groups is 2. The van der Waals surface area contributed by atoms with Crippen molar-refractivity contribution in [1.82, 2.24) is 4.57 Å². The monoisotopic (exact) mass is 417 g/mol. The third kappa shape index (κ3) is 6.03. The van der Waals surface area contributed by atoms with Crippen LogP contribution in [0.4, 0.5) is 0 Å². The molecule has 0 aliphatic heterocycles. The second kappa shape index (κ2) is 10.5. The van der Waals surface area contributed by atoms with Gasteiger partial charge in [0, 0.05) is 18.3 Å². The first-order valence-electron chi connectivity index (χ1n) is 10.2. The summed E-state index contributed by atoms with van der Waals surface area (Å²) in [6.07, 6.45) is 5.32. The number of esters is 1. The third-order valence-corrected chi connectivity index (χ3v) is 4.97. The largest absolute Gasteiger partial charge is 0.467 e. The van der Waals surface area contributed by atoms with Crippen LogP contribution in [-0.2, 0) is 27.4 Å². The van der Waals surface area contributed by atoms with E-state index in [1.165, 1.54) is 7.11 Å². The maximum atomic E-state index is 12.8. The molecule has 0 fully saturated rings. The molecule has 31 heavy (non-hydrogen) atoms. The zero-order chi connectivity index (χ0) is 22.2. The van der Waals surface area contributed by atoms with Gasteiger partial charge in [0.2, 0.25) is 5.78 Å². The Morgan fingerprint density at radius 1 is 1.06 bits per heavy atom. The van der Waals surface area contributed by atoms with E-state index in [0.717, 1.165) is 16.7 Å². The molecule has 1 heterocycles. The molecule has 3 aromatic rings. The fourth-order valence-electron chi connectivity index (χ4n) is 3.18. The molecule has 0 amide bonds. The Morgan fingerprint density at radius 2 is 1.84 bits per heavy atom. The summed E-state index contributed by atoms with van der Waals surface area (Å²) in [5.74, 6) is -0.379. The van der Waals surface area contributed by atoms with Crippen LogP contribution in [0.2, 0.25) is 0 Å². The molecule has 5 heteroatoms. The molecule has 0 bridgehead atoms. The van der Waals surface area contributed by atoms with Crippen LogP contribution >= 0.6 is 0 Å². The Labute approximate surface area is 182 Å². The number of carbonyl (C=O) groups excluding carboxylic acids is 2. The number of aromatic nitrogens is 1.